The number of rotatable bonds is 3. The first kappa shape index (κ1) is 16.0. The minimum absolute atomic E-state index is 0.0962. The van der Waals surface area contributed by atoms with Crippen LogP contribution in [-0.2, 0) is 9.53 Å². The smallest absolute Gasteiger partial charge is 0.308 e. The van der Waals surface area contributed by atoms with Crippen LogP contribution in [0.5, 0.6) is 5.75 Å². The zero-order chi connectivity index (χ0) is 17.4. The Morgan fingerprint density at radius 3 is 2.67 bits per heavy atom. The first-order chi connectivity index (χ1) is 11.5. The Labute approximate surface area is 139 Å². The van der Waals surface area contributed by atoms with Crippen LogP contribution < -0.4 is 10.1 Å². The number of fused-ring (bicyclic) bond motifs is 1. The summed E-state index contributed by atoms with van der Waals surface area (Å²) in [6.45, 7) is 5.39. The maximum absolute atomic E-state index is 12.9. The summed E-state index contributed by atoms with van der Waals surface area (Å²) in [4.78, 5) is 37.1. The molecule has 1 heterocycles. The molecule has 0 radical (unpaired) electrons. The van der Waals surface area contributed by atoms with Gasteiger partial charge in [0.05, 0.1) is 17.9 Å². The molecule has 1 N–H and O–H groups in total. The molecule has 2 aliphatic rings. The van der Waals surface area contributed by atoms with E-state index in [2.05, 4.69) is 5.32 Å². The van der Waals surface area contributed by atoms with Gasteiger partial charge in [0.25, 0.3) is 0 Å². The molecule has 0 aromatic heterocycles. The van der Waals surface area contributed by atoms with E-state index in [1.54, 1.807) is 18.3 Å². The number of dihydropyridines is 1. The lowest BCUT2D eigenvalue weighted by Gasteiger charge is -2.30. The average molecular weight is 327 g/mol. The monoisotopic (exact) mass is 327 g/mol. The Kier molecular flexibility index (Phi) is 3.97. The molecule has 1 aromatic carbocycles. The summed E-state index contributed by atoms with van der Waals surface area (Å²) in [5.41, 5.74) is 0.940. The lowest BCUT2D eigenvalue weighted by molar-refractivity contribution is -0.131. The van der Waals surface area contributed by atoms with E-state index in [9.17, 15) is 14.4 Å². The molecule has 1 unspecified atom stereocenters. The van der Waals surface area contributed by atoms with E-state index < -0.39 is 5.97 Å². The van der Waals surface area contributed by atoms with E-state index >= 15 is 0 Å². The molecule has 0 bridgehead atoms. The first-order valence-electron chi connectivity index (χ1n) is 7.70. The fourth-order valence-electron chi connectivity index (χ4n) is 3.00. The molecule has 0 saturated heterocycles. The lowest BCUT2D eigenvalue weighted by atomic mass is 9.79. The highest BCUT2D eigenvalue weighted by Crippen LogP contribution is 2.38. The molecule has 1 atom stereocenters. The molecule has 1 aliphatic carbocycles. The molecule has 0 spiro atoms. The van der Waals surface area contributed by atoms with Gasteiger partial charge in [-0.05, 0) is 13.0 Å². The topological polar surface area (TPSA) is 81.7 Å². The molecule has 1 aromatic rings. The highest BCUT2D eigenvalue weighted by atomic mass is 16.5. The molecular weight excluding hydrogens is 310 g/mol. The second kappa shape index (κ2) is 5.96. The Balaban J connectivity index is 2.10. The first-order valence-corrected chi connectivity index (χ1v) is 7.70. The molecule has 1 aliphatic heterocycles. The Morgan fingerprint density at radius 1 is 1.25 bits per heavy atom. The summed E-state index contributed by atoms with van der Waals surface area (Å²) in [6, 6.07) is 4.66. The Morgan fingerprint density at radius 2 is 2.00 bits per heavy atom. The van der Waals surface area contributed by atoms with Crippen LogP contribution in [0, 0.1) is 5.92 Å². The van der Waals surface area contributed by atoms with Crippen LogP contribution in [0.2, 0.25) is 0 Å². The van der Waals surface area contributed by atoms with Crippen molar-refractivity contribution < 1.29 is 23.9 Å². The number of hydrogen-bond acceptors (Lipinski definition) is 6. The molecule has 3 rings (SSSR count). The lowest BCUT2D eigenvalue weighted by Crippen LogP contribution is -2.35. The third-order valence-corrected chi connectivity index (χ3v) is 4.02. The van der Waals surface area contributed by atoms with Crippen LogP contribution in [0.25, 0.3) is 0 Å². The van der Waals surface area contributed by atoms with Gasteiger partial charge in [-0.15, -0.1) is 0 Å². The van der Waals surface area contributed by atoms with Gasteiger partial charge in [-0.3, -0.25) is 14.4 Å². The van der Waals surface area contributed by atoms with Crippen LogP contribution in [0.4, 0.5) is 0 Å². The molecule has 0 saturated carbocycles. The maximum Gasteiger partial charge on any atom is 0.308 e. The van der Waals surface area contributed by atoms with Crippen molar-refractivity contribution in [2.75, 3.05) is 6.61 Å². The van der Waals surface area contributed by atoms with Gasteiger partial charge in [0, 0.05) is 30.2 Å². The fourth-order valence-corrected chi connectivity index (χ4v) is 3.00. The zero-order valence-corrected chi connectivity index (χ0v) is 13.6. The van der Waals surface area contributed by atoms with E-state index in [0.29, 0.717) is 17.9 Å². The van der Waals surface area contributed by atoms with E-state index in [1.807, 2.05) is 13.8 Å². The third kappa shape index (κ3) is 2.40. The van der Waals surface area contributed by atoms with Crippen molar-refractivity contribution in [3.8, 4) is 5.75 Å². The van der Waals surface area contributed by atoms with E-state index in [0.717, 1.165) is 0 Å². The van der Waals surface area contributed by atoms with Crippen LogP contribution in [0.3, 0.4) is 0 Å². The van der Waals surface area contributed by atoms with E-state index in [1.165, 1.54) is 13.0 Å². The number of ketones is 2. The molecular formula is C18H17NO5. The Bertz CT molecular complexity index is 819. The number of carbonyl (C=O) groups is 3. The number of Topliss-reactive ketones (excluding diaryl/α,β-unsaturated/α-hetero) is 2. The highest BCUT2D eigenvalue weighted by Gasteiger charge is 2.40. The quantitative estimate of drug-likeness (QED) is 0.678. The number of allylic oxidation sites excluding steroid dienone is 2. The number of carbonyl (C=O) groups excluding carboxylic acids is 3. The van der Waals surface area contributed by atoms with Crippen molar-refractivity contribution in [3.63, 3.8) is 0 Å². The summed E-state index contributed by atoms with van der Waals surface area (Å²) in [6.07, 6.45) is 1.59. The fraction of sp³-hybridized carbons (Fsp3) is 0.278. The molecule has 0 amide bonds. The predicted molar refractivity (Wildman–Crippen MR) is 85.4 cm³/mol. The average Bonchev–Trinajstić information content (AvgIpc) is 2.54. The van der Waals surface area contributed by atoms with Gasteiger partial charge in [0.2, 0.25) is 5.78 Å². The van der Waals surface area contributed by atoms with Gasteiger partial charge in [-0.1, -0.05) is 19.1 Å². The van der Waals surface area contributed by atoms with Crippen LogP contribution >= 0.6 is 0 Å². The summed E-state index contributed by atoms with van der Waals surface area (Å²) in [5, 5.41) is 2.87. The van der Waals surface area contributed by atoms with Crippen molar-refractivity contribution in [3.05, 3.63) is 52.6 Å². The molecule has 0 fully saturated rings. The normalized spacial score (nSPS) is 19.1. The van der Waals surface area contributed by atoms with Crippen molar-refractivity contribution in [2.24, 2.45) is 5.92 Å². The highest BCUT2D eigenvalue weighted by molar-refractivity contribution is 6.28. The van der Waals surface area contributed by atoms with Gasteiger partial charge in [0.1, 0.15) is 11.5 Å². The maximum atomic E-state index is 12.9. The third-order valence-electron chi connectivity index (χ3n) is 4.02. The standard InChI is InChI=1S/C18H17NO5/c1-4-23-13-8-19-16-14(9(13)2)17(21)11-6-5-7-12(24-10(3)20)15(11)18(16)22/h5-9,19H,4H2,1-3H3. The second-order valence-electron chi connectivity index (χ2n) is 5.57. The van der Waals surface area contributed by atoms with Gasteiger partial charge in [0.15, 0.2) is 5.78 Å². The van der Waals surface area contributed by atoms with Crippen molar-refractivity contribution in [1.82, 2.24) is 5.32 Å². The minimum atomic E-state index is -0.549. The van der Waals surface area contributed by atoms with Crippen LogP contribution in [0.1, 0.15) is 41.5 Å². The summed E-state index contributed by atoms with van der Waals surface area (Å²) in [5.74, 6) is -0.806. The van der Waals surface area contributed by atoms with Crippen molar-refractivity contribution in [1.29, 1.82) is 0 Å². The summed E-state index contributed by atoms with van der Waals surface area (Å²) >= 11 is 0. The summed E-state index contributed by atoms with van der Waals surface area (Å²) in [7, 11) is 0. The molecule has 6 heteroatoms. The molecule has 124 valence electrons. The van der Waals surface area contributed by atoms with E-state index in [4.69, 9.17) is 9.47 Å². The Hall–Kier alpha value is -2.89. The molecule has 6 nitrogen and oxygen atoms in total. The number of nitrogens with one attached hydrogen (secondary N) is 1. The number of benzene rings is 1. The van der Waals surface area contributed by atoms with Gasteiger partial charge in [-0.25, -0.2) is 0 Å². The largest absolute Gasteiger partial charge is 0.496 e. The zero-order valence-electron chi connectivity index (χ0n) is 13.6. The number of ether oxygens (including phenoxy) is 2. The number of hydrogen-bond donors (Lipinski definition) is 1. The SMILES string of the molecule is CCOC1=CNC2=C(C(=O)c3cccc(OC(C)=O)c3C2=O)C1C. The van der Waals surface area contributed by atoms with E-state index in [-0.39, 0.29) is 40.1 Å². The van der Waals surface area contributed by atoms with Gasteiger partial charge in [-0.2, -0.15) is 0 Å². The van der Waals surface area contributed by atoms with Crippen LogP contribution in [-0.4, -0.2) is 24.1 Å². The number of esters is 1. The summed E-state index contributed by atoms with van der Waals surface area (Å²) < 4.78 is 10.6. The van der Waals surface area contributed by atoms with Gasteiger partial charge >= 0.3 is 5.97 Å². The predicted octanol–water partition coefficient (Wildman–Crippen LogP) is 2.36. The van der Waals surface area contributed by atoms with Crippen molar-refractivity contribution >= 4 is 17.5 Å². The minimum Gasteiger partial charge on any atom is -0.496 e. The van der Waals surface area contributed by atoms with Crippen LogP contribution in [0.15, 0.2) is 41.4 Å². The van der Waals surface area contributed by atoms with Crippen molar-refractivity contribution in [2.45, 2.75) is 20.8 Å². The second-order valence-corrected chi connectivity index (χ2v) is 5.57. The van der Waals surface area contributed by atoms with Gasteiger partial charge < -0.3 is 14.8 Å². The molecule has 24 heavy (non-hydrogen) atoms.